The number of benzene rings is 2. The van der Waals surface area contributed by atoms with Gasteiger partial charge in [-0.05, 0) is 31.5 Å². The van der Waals surface area contributed by atoms with Gasteiger partial charge in [-0.2, -0.15) is 0 Å². The SMILES string of the molecule is CCCCCCn1c(SC(C)C(=O)NCc2ccccc2OC)nc2ccccc2c1=O. The van der Waals surface area contributed by atoms with E-state index < -0.39 is 5.25 Å². The number of hydrogen-bond acceptors (Lipinski definition) is 5. The molecule has 3 rings (SSSR count). The Morgan fingerprint density at radius 1 is 1.12 bits per heavy atom. The Kier molecular flexibility index (Phi) is 8.73. The molecule has 1 atom stereocenters. The number of hydrogen-bond donors (Lipinski definition) is 1. The topological polar surface area (TPSA) is 73.2 Å². The number of unbranched alkanes of at least 4 members (excludes halogenated alkanes) is 3. The van der Waals surface area contributed by atoms with Gasteiger partial charge in [0.15, 0.2) is 5.16 Å². The Hall–Kier alpha value is -2.80. The van der Waals surface area contributed by atoms with E-state index in [1.807, 2.05) is 55.5 Å². The molecule has 1 unspecified atom stereocenters. The van der Waals surface area contributed by atoms with Crippen LogP contribution in [0, 0.1) is 0 Å². The molecule has 0 bridgehead atoms. The Balaban J connectivity index is 1.76. The number of nitrogens with one attached hydrogen (secondary N) is 1. The monoisotopic (exact) mass is 453 g/mol. The fourth-order valence-electron chi connectivity index (χ4n) is 3.52. The summed E-state index contributed by atoms with van der Waals surface area (Å²) in [6, 6.07) is 15.0. The highest BCUT2D eigenvalue weighted by atomic mass is 32.2. The molecule has 0 aliphatic heterocycles. The molecule has 0 radical (unpaired) electrons. The Labute approximate surface area is 193 Å². The molecule has 0 saturated heterocycles. The summed E-state index contributed by atoms with van der Waals surface area (Å²) in [5.41, 5.74) is 1.53. The first-order valence-electron chi connectivity index (χ1n) is 11.1. The minimum absolute atomic E-state index is 0.0452. The highest BCUT2D eigenvalue weighted by molar-refractivity contribution is 8.00. The van der Waals surface area contributed by atoms with E-state index in [-0.39, 0.29) is 11.5 Å². The predicted octanol–water partition coefficient (Wildman–Crippen LogP) is 4.78. The quantitative estimate of drug-likeness (QED) is 0.257. The Morgan fingerprint density at radius 3 is 2.66 bits per heavy atom. The van der Waals surface area contributed by atoms with Gasteiger partial charge >= 0.3 is 0 Å². The van der Waals surface area contributed by atoms with Crippen LogP contribution in [0.25, 0.3) is 10.9 Å². The summed E-state index contributed by atoms with van der Waals surface area (Å²) in [4.78, 5) is 30.7. The molecule has 0 spiro atoms. The summed E-state index contributed by atoms with van der Waals surface area (Å²) < 4.78 is 7.08. The average molecular weight is 454 g/mol. The van der Waals surface area contributed by atoms with E-state index in [0.717, 1.165) is 37.0 Å². The zero-order valence-corrected chi connectivity index (χ0v) is 19.8. The van der Waals surface area contributed by atoms with Gasteiger partial charge in [-0.15, -0.1) is 0 Å². The molecule has 1 heterocycles. The van der Waals surface area contributed by atoms with Crippen LogP contribution in [-0.4, -0.2) is 27.8 Å². The summed E-state index contributed by atoms with van der Waals surface area (Å²) in [6.07, 6.45) is 4.25. The van der Waals surface area contributed by atoms with Crippen LogP contribution in [0.5, 0.6) is 5.75 Å². The van der Waals surface area contributed by atoms with Crippen LogP contribution in [0.3, 0.4) is 0 Å². The number of ether oxygens (including phenoxy) is 1. The van der Waals surface area contributed by atoms with E-state index in [9.17, 15) is 9.59 Å². The highest BCUT2D eigenvalue weighted by Gasteiger charge is 2.19. The molecule has 6 nitrogen and oxygen atoms in total. The van der Waals surface area contributed by atoms with Crippen molar-refractivity contribution in [3.63, 3.8) is 0 Å². The van der Waals surface area contributed by atoms with Crippen molar-refractivity contribution >= 4 is 28.6 Å². The summed E-state index contributed by atoms with van der Waals surface area (Å²) in [7, 11) is 1.62. The number of carbonyl (C=O) groups excluding carboxylic acids is 1. The first kappa shape index (κ1) is 23.9. The van der Waals surface area contributed by atoms with Crippen LogP contribution in [0.1, 0.15) is 45.1 Å². The lowest BCUT2D eigenvalue weighted by Crippen LogP contribution is -2.32. The second-order valence-corrected chi connectivity index (χ2v) is 9.03. The average Bonchev–Trinajstić information content (AvgIpc) is 2.82. The second kappa shape index (κ2) is 11.7. The number of fused-ring (bicyclic) bond motifs is 1. The number of thioether (sulfide) groups is 1. The van der Waals surface area contributed by atoms with Gasteiger partial charge in [-0.3, -0.25) is 14.2 Å². The van der Waals surface area contributed by atoms with Crippen molar-refractivity contribution in [1.29, 1.82) is 0 Å². The highest BCUT2D eigenvalue weighted by Crippen LogP contribution is 2.24. The standard InChI is InChI=1S/C25H31N3O3S/c1-4-5-6-11-16-28-24(30)20-13-8-9-14-21(20)27-25(28)32-18(2)23(29)26-17-19-12-7-10-15-22(19)31-3/h7-10,12-15,18H,4-6,11,16-17H2,1-3H3,(H,26,29). The van der Waals surface area contributed by atoms with Gasteiger partial charge in [-0.25, -0.2) is 4.98 Å². The van der Waals surface area contributed by atoms with Crippen LogP contribution in [0.4, 0.5) is 0 Å². The molecular formula is C25H31N3O3S. The fraction of sp³-hybridized carbons (Fsp3) is 0.400. The summed E-state index contributed by atoms with van der Waals surface area (Å²) in [6.45, 7) is 4.98. The smallest absolute Gasteiger partial charge is 0.262 e. The van der Waals surface area contributed by atoms with Gasteiger partial charge in [0.1, 0.15) is 5.75 Å². The summed E-state index contributed by atoms with van der Waals surface area (Å²) >= 11 is 1.32. The van der Waals surface area contributed by atoms with E-state index in [1.54, 1.807) is 11.7 Å². The van der Waals surface area contributed by atoms with Crippen molar-refractivity contribution in [2.45, 2.75) is 63.0 Å². The maximum absolute atomic E-state index is 13.1. The van der Waals surface area contributed by atoms with E-state index in [2.05, 4.69) is 12.2 Å². The summed E-state index contributed by atoms with van der Waals surface area (Å²) in [5.74, 6) is 0.631. The van der Waals surface area contributed by atoms with E-state index >= 15 is 0 Å². The lowest BCUT2D eigenvalue weighted by molar-refractivity contribution is -0.120. The van der Waals surface area contributed by atoms with Gasteiger partial charge in [0.05, 0.1) is 23.3 Å². The molecule has 170 valence electrons. The van der Waals surface area contributed by atoms with E-state index in [4.69, 9.17) is 9.72 Å². The molecule has 3 aromatic rings. The van der Waals surface area contributed by atoms with Crippen LogP contribution >= 0.6 is 11.8 Å². The molecule has 0 fully saturated rings. The maximum Gasteiger partial charge on any atom is 0.262 e. The number of para-hydroxylation sites is 2. The molecule has 0 saturated carbocycles. The molecule has 32 heavy (non-hydrogen) atoms. The van der Waals surface area contributed by atoms with Crippen molar-refractivity contribution in [2.24, 2.45) is 0 Å². The first-order chi connectivity index (χ1) is 15.5. The molecule has 1 N–H and O–H groups in total. The number of methoxy groups -OCH3 is 1. The minimum Gasteiger partial charge on any atom is -0.496 e. The molecular weight excluding hydrogens is 422 g/mol. The third-order valence-corrected chi connectivity index (χ3v) is 6.45. The maximum atomic E-state index is 13.1. The third kappa shape index (κ3) is 5.91. The number of rotatable bonds is 11. The lowest BCUT2D eigenvalue weighted by Gasteiger charge is -2.17. The van der Waals surface area contributed by atoms with Crippen molar-refractivity contribution in [3.05, 3.63) is 64.4 Å². The minimum atomic E-state index is -0.403. The second-order valence-electron chi connectivity index (χ2n) is 7.72. The van der Waals surface area contributed by atoms with Crippen LogP contribution in [0.15, 0.2) is 58.5 Å². The number of aromatic nitrogens is 2. The van der Waals surface area contributed by atoms with E-state index in [0.29, 0.717) is 29.1 Å². The molecule has 1 aromatic heterocycles. The van der Waals surface area contributed by atoms with Crippen molar-refractivity contribution in [3.8, 4) is 5.75 Å². The predicted molar refractivity (Wildman–Crippen MR) is 130 cm³/mol. The van der Waals surface area contributed by atoms with Gasteiger partial charge in [0.2, 0.25) is 5.91 Å². The molecule has 7 heteroatoms. The zero-order chi connectivity index (χ0) is 22.9. The van der Waals surface area contributed by atoms with Crippen LogP contribution in [0.2, 0.25) is 0 Å². The van der Waals surface area contributed by atoms with Crippen LogP contribution in [-0.2, 0) is 17.9 Å². The first-order valence-corrected chi connectivity index (χ1v) is 12.0. The van der Waals surface area contributed by atoms with Gasteiger partial charge < -0.3 is 10.1 Å². The van der Waals surface area contributed by atoms with Crippen molar-refractivity contribution in [1.82, 2.24) is 14.9 Å². The molecule has 2 aromatic carbocycles. The largest absolute Gasteiger partial charge is 0.496 e. The lowest BCUT2D eigenvalue weighted by atomic mass is 10.2. The van der Waals surface area contributed by atoms with E-state index in [1.165, 1.54) is 11.8 Å². The third-order valence-electron chi connectivity index (χ3n) is 5.36. The number of nitrogens with zero attached hydrogens (tertiary/aromatic N) is 2. The van der Waals surface area contributed by atoms with Crippen molar-refractivity contribution in [2.75, 3.05) is 7.11 Å². The van der Waals surface area contributed by atoms with Gasteiger partial charge in [0, 0.05) is 18.7 Å². The van der Waals surface area contributed by atoms with Gasteiger partial charge in [-0.1, -0.05) is 68.3 Å². The Morgan fingerprint density at radius 2 is 1.88 bits per heavy atom. The summed E-state index contributed by atoms with van der Waals surface area (Å²) in [5, 5.41) is 3.77. The Bertz CT molecular complexity index is 1110. The number of carbonyl (C=O) groups is 1. The fourth-order valence-corrected chi connectivity index (χ4v) is 4.48. The molecule has 1 amide bonds. The van der Waals surface area contributed by atoms with Crippen LogP contribution < -0.4 is 15.6 Å². The molecule has 0 aliphatic rings. The zero-order valence-electron chi connectivity index (χ0n) is 19.0. The number of amides is 1. The molecule has 0 aliphatic carbocycles. The normalized spacial score (nSPS) is 12.0. The van der Waals surface area contributed by atoms with Crippen molar-refractivity contribution < 1.29 is 9.53 Å². The van der Waals surface area contributed by atoms with Gasteiger partial charge in [0.25, 0.3) is 5.56 Å².